The van der Waals surface area contributed by atoms with Crippen LogP contribution in [0.5, 0.6) is 0 Å². The molecule has 1 rings (SSSR count). The molecule has 4 nitrogen and oxygen atoms in total. The van der Waals surface area contributed by atoms with Crippen molar-refractivity contribution in [1.82, 2.24) is 4.90 Å². The van der Waals surface area contributed by atoms with E-state index in [4.69, 9.17) is 4.74 Å². The third kappa shape index (κ3) is 3.86. The Morgan fingerprint density at radius 1 is 1.29 bits per heavy atom. The number of hydrogen-bond acceptors (Lipinski definition) is 3. The lowest BCUT2D eigenvalue weighted by Crippen LogP contribution is -2.33. The van der Waals surface area contributed by atoms with Gasteiger partial charge in [-0.3, -0.25) is 9.59 Å². The van der Waals surface area contributed by atoms with Crippen LogP contribution < -0.4 is 0 Å². The first-order valence-corrected chi connectivity index (χ1v) is 5.21. The smallest absolute Gasteiger partial charge is 0.325 e. The number of benzene rings is 1. The van der Waals surface area contributed by atoms with Gasteiger partial charge in [-0.05, 0) is 31.2 Å². The average molecular weight is 239 g/mol. The van der Waals surface area contributed by atoms with Crippen LogP contribution in [0.3, 0.4) is 0 Å². The monoisotopic (exact) mass is 239 g/mol. The average Bonchev–Trinajstić information content (AvgIpc) is 2.29. The number of carbonyl (C=O) groups excluding carboxylic acids is 2. The quantitative estimate of drug-likeness (QED) is 0.747. The predicted molar refractivity (Wildman–Crippen MR) is 60.0 cm³/mol. The summed E-state index contributed by atoms with van der Waals surface area (Å²) in [6, 6.07) is 5.15. The highest BCUT2D eigenvalue weighted by Crippen LogP contribution is 2.05. The summed E-state index contributed by atoms with van der Waals surface area (Å²) in [5.74, 6) is -1.22. The Hall–Kier alpha value is -1.91. The van der Waals surface area contributed by atoms with E-state index in [0.29, 0.717) is 5.56 Å². The minimum Gasteiger partial charge on any atom is -0.465 e. The van der Waals surface area contributed by atoms with Crippen LogP contribution in [0.15, 0.2) is 24.3 Å². The summed E-state index contributed by atoms with van der Waals surface area (Å²) in [5, 5.41) is 0. The van der Waals surface area contributed by atoms with Crippen LogP contribution in [0.1, 0.15) is 17.3 Å². The minimum atomic E-state index is -0.467. The number of rotatable bonds is 4. The van der Waals surface area contributed by atoms with Crippen LogP contribution in [0, 0.1) is 5.82 Å². The van der Waals surface area contributed by atoms with Crippen molar-refractivity contribution in [2.24, 2.45) is 0 Å². The molecule has 0 aromatic heterocycles. The molecule has 0 radical (unpaired) electrons. The van der Waals surface area contributed by atoms with Gasteiger partial charge in [0, 0.05) is 12.6 Å². The largest absolute Gasteiger partial charge is 0.465 e. The van der Waals surface area contributed by atoms with E-state index in [2.05, 4.69) is 0 Å². The molecule has 0 saturated heterocycles. The molecule has 0 atom stereocenters. The fourth-order valence-corrected chi connectivity index (χ4v) is 1.28. The molecule has 0 spiro atoms. The highest BCUT2D eigenvalue weighted by atomic mass is 19.1. The third-order valence-corrected chi connectivity index (χ3v) is 2.11. The van der Waals surface area contributed by atoms with Gasteiger partial charge in [-0.1, -0.05) is 0 Å². The zero-order valence-electron chi connectivity index (χ0n) is 9.77. The van der Waals surface area contributed by atoms with Gasteiger partial charge in [0.25, 0.3) is 5.91 Å². The molecular weight excluding hydrogens is 225 g/mol. The first-order valence-electron chi connectivity index (χ1n) is 5.21. The zero-order valence-corrected chi connectivity index (χ0v) is 9.77. The number of likely N-dealkylation sites (N-methyl/N-ethyl adjacent to an activating group) is 1. The van der Waals surface area contributed by atoms with E-state index >= 15 is 0 Å². The van der Waals surface area contributed by atoms with Crippen molar-refractivity contribution >= 4 is 11.9 Å². The van der Waals surface area contributed by atoms with E-state index in [-0.39, 0.29) is 19.1 Å². The summed E-state index contributed by atoms with van der Waals surface area (Å²) in [6.07, 6.45) is 0. The number of amides is 1. The van der Waals surface area contributed by atoms with Gasteiger partial charge in [0.2, 0.25) is 0 Å². The van der Waals surface area contributed by atoms with Crippen LogP contribution >= 0.6 is 0 Å². The maximum atomic E-state index is 12.7. The molecule has 0 fully saturated rings. The predicted octanol–water partition coefficient (Wildman–Crippen LogP) is 1.46. The summed E-state index contributed by atoms with van der Waals surface area (Å²) >= 11 is 0. The molecule has 1 aromatic rings. The van der Waals surface area contributed by atoms with Crippen LogP contribution in [-0.2, 0) is 9.53 Å². The standard InChI is InChI=1S/C12H14FNO3/c1-3-17-11(15)8-14(2)12(16)9-4-6-10(13)7-5-9/h4-7H,3,8H2,1-2H3. The Morgan fingerprint density at radius 3 is 2.41 bits per heavy atom. The Kier molecular flexibility index (Phi) is 4.63. The molecule has 0 aliphatic rings. The molecule has 0 aliphatic carbocycles. The molecule has 0 aliphatic heterocycles. The first-order chi connectivity index (χ1) is 8.04. The summed E-state index contributed by atoms with van der Waals surface area (Å²) in [5.41, 5.74) is 0.332. The highest BCUT2D eigenvalue weighted by molar-refractivity contribution is 5.95. The molecule has 0 heterocycles. The molecule has 5 heteroatoms. The number of halogens is 1. The second kappa shape index (κ2) is 5.98. The van der Waals surface area contributed by atoms with Crippen molar-refractivity contribution in [3.8, 4) is 0 Å². The summed E-state index contributed by atoms with van der Waals surface area (Å²) in [6.45, 7) is 1.85. The SMILES string of the molecule is CCOC(=O)CN(C)C(=O)c1ccc(F)cc1. The molecule has 1 amide bonds. The highest BCUT2D eigenvalue weighted by Gasteiger charge is 2.15. The summed E-state index contributed by atoms with van der Waals surface area (Å²) in [7, 11) is 1.49. The maximum absolute atomic E-state index is 12.7. The molecule has 92 valence electrons. The van der Waals surface area contributed by atoms with Crippen molar-refractivity contribution in [2.75, 3.05) is 20.2 Å². The van der Waals surface area contributed by atoms with Crippen molar-refractivity contribution < 1.29 is 18.7 Å². The van der Waals surface area contributed by atoms with Gasteiger partial charge in [-0.25, -0.2) is 4.39 Å². The van der Waals surface area contributed by atoms with E-state index in [0.717, 1.165) is 0 Å². The van der Waals surface area contributed by atoms with Crippen LogP contribution in [0.4, 0.5) is 4.39 Å². The van der Waals surface area contributed by atoms with E-state index in [1.54, 1.807) is 6.92 Å². The summed E-state index contributed by atoms with van der Waals surface area (Å²) < 4.78 is 17.4. The number of nitrogens with zero attached hydrogens (tertiary/aromatic N) is 1. The second-order valence-corrected chi connectivity index (χ2v) is 3.47. The molecular formula is C12H14FNO3. The summed E-state index contributed by atoms with van der Waals surface area (Å²) in [4.78, 5) is 24.2. The van der Waals surface area contributed by atoms with E-state index in [9.17, 15) is 14.0 Å². The zero-order chi connectivity index (χ0) is 12.8. The van der Waals surface area contributed by atoms with Gasteiger partial charge in [-0.2, -0.15) is 0 Å². The fourth-order valence-electron chi connectivity index (χ4n) is 1.28. The fraction of sp³-hybridized carbons (Fsp3) is 0.333. The molecule has 0 N–H and O–H groups in total. The lowest BCUT2D eigenvalue weighted by atomic mass is 10.2. The lowest BCUT2D eigenvalue weighted by molar-refractivity contribution is -0.143. The van der Waals surface area contributed by atoms with Crippen molar-refractivity contribution in [3.05, 3.63) is 35.6 Å². The van der Waals surface area contributed by atoms with Gasteiger partial charge >= 0.3 is 5.97 Å². The van der Waals surface area contributed by atoms with E-state index < -0.39 is 11.8 Å². The number of hydrogen-bond donors (Lipinski definition) is 0. The normalized spacial score (nSPS) is 9.82. The Bertz CT molecular complexity index is 403. The van der Waals surface area contributed by atoms with Crippen LogP contribution in [-0.4, -0.2) is 37.0 Å². The molecule has 0 bridgehead atoms. The van der Waals surface area contributed by atoms with Crippen LogP contribution in [0.25, 0.3) is 0 Å². The third-order valence-electron chi connectivity index (χ3n) is 2.11. The van der Waals surface area contributed by atoms with Gasteiger partial charge in [-0.15, -0.1) is 0 Å². The first kappa shape index (κ1) is 13.2. The minimum absolute atomic E-state index is 0.121. The number of carbonyl (C=O) groups is 2. The Labute approximate surface area is 99.0 Å². The van der Waals surface area contributed by atoms with Crippen molar-refractivity contribution in [1.29, 1.82) is 0 Å². The van der Waals surface area contributed by atoms with Crippen molar-refractivity contribution in [2.45, 2.75) is 6.92 Å². The topological polar surface area (TPSA) is 46.6 Å². The van der Waals surface area contributed by atoms with Gasteiger partial charge in [0.1, 0.15) is 12.4 Å². The molecule has 0 saturated carbocycles. The van der Waals surface area contributed by atoms with Crippen LogP contribution in [0.2, 0.25) is 0 Å². The Balaban J connectivity index is 2.63. The number of ether oxygens (including phenoxy) is 1. The maximum Gasteiger partial charge on any atom is 0.325 e. The second-order valence-electron chi connectivity index (χ2n) is 3.47. The van der Waals surface area contributed by atoms with Gasteiger partial charge in [0.05, 0.1) is 6.61 Å². The van der Waals surface area contributed by atoms with E-state index in [1.807, 2.05) is 0 Å². The molecule has 0 unspecified atom stereocenters. The Morgan fingerprint density at radius 2 is 1.88 bits per heavy atom. The van der Waals surface area contributed by atoms with Gasteiger partial charge < -0.3 is 9.64 Å². The van der Waals surface area contributed by atoms with E-state index in [1.165, 1.54) is 36.2 Å². The van der Waals surface area contributed by atoms with Crippen molar-refractivity contribution in [3.63, 3.8) is 0 Å². The molecule has 17 heavy (non-hydrogen) atoms. The number of esters is 1. The van der Waals surface area contributed by atoms with Gasteiger partial charge in [0.15, 0.2) is 0 Å². The lowest BCUT2D eigenvalue weighted by Gasteiger charge is -2.15. The molecule has 1 aromatic carbocycles.